The Labute approximate surface area is 143 Å². The van der Waals surface area contributed by atoms with Crippen LogP contribution in [0.15, 0.2) is 18.2 Å². The van der Waals surface area contributed by atoms with E-state index < -0.39 is 6.43 Å². The number of alkyl halides is 2. The van der Waals surface area contributed by atoms with Gasteiger partial charge in [0.05, 0.1) is 11.6 Å². The molecular weight excluding hydrogens is 349 g/mol. The van der Waals surface area contributed by atoms with Gasteiger partial charge in [-0.1, -0.05) is 23.2 Å². The molecule has 0 spiro atoms. The summed E-state index contributed by atoms with van der Waals surface area (Å²) in [5.41, 5.74) is 0. The van der Waals surface area contributed by atoms with Crippen LogP contribution in [0.1, 0.15) is 12.8 Å². The number of likely N-dealkylation sites (tertiary alicyclic amines) is 1. The van der Waals surface area contributed by atoms with Crippen molar-refractivity contribution in [3.63, 3.8) is 0 Å². The molecule has 1 amide bonds. The fraction of sp³-hybridized carbons (Fsp3) is 0.533. The molecule has 1 saturated heterocycles. The Morgan fingerprint density at radius 2 is 2.04 bits per heavy atom. The highest BCUT2D eigenvalue weighted by atomic mass is 35.5. The van der Waals surface area contributed by atoms with E-state index in [0.29, 0.717) is 41.7 Å². The number of hydrogen-bond acceptors (Lipinski definition) is 3. The van der Waals surface area contributed by atoms with Crippen molar-refractivity contribution in [3.05, 3.63) is 28.2 Å². The molecule has 0 aliphatic carbocycles. The largest absolute Gasteiger partial charge is 0.482 e. The summed E-state index contributed by atoms with van der Waals surface area (Å²) in [5, 5.41) is 3.69. The fourth-order valence-electron chi connectivity index (χ4n) is 2.46. The van der Waals surface area contributed by atoms with Crippen LogP contribution in [0, 0.1) is 0 Å². The molecule has 1 aromatic carbocycles. The van der Waals surface area contributed by atoms with Gasteiger partial charge in [-0.15, -0.1) is 0 Å². The maximum Gasteiger partial charge on any atom is 0.258 e. The maximum atomic E-state index is 12.3. The van der Waals surface area contributed by atoms with Gasteiger partial charge in [0.2, 0.25) is 0 Å². The van der Waals surface area contributed by atoms with Crippen LogP contribution in [0.5, 0.6) is 5.75 Å². The van der Waals surface area contributed by atoms with Crippen LogP contribution in [-0.4, -0.2) is 49.5 Å². The van der Waals surface area contributed by atoms with Gasteiger partial charge in [-0.2, -0.15) is 0 Å². The molecule has 1 heterocycles. The maximum absolute atomic E-state index is 12.3. The van der Waals surface area contributed by atoms with Crippen molar-refractivity contribution in [3.8, 4) is 5.75 Å². The Kier molecular flexibility index (Phi) is 6.87. The van der Waals surface area contributed by atoms with E-state index in [9.17, 15) is 13.6 Å². The van der Waals surface area contributed by atoms with Gasteiger partial charge in [-0.3, -0.25) is 9.69 Å². The van der Waals surface area contributed by atoms with Gasteiger partial charge in [0.1, 0.15) is 5.75 Å². The van der Waals surface area contributed by atoms with E-state index in [0.717, 1.165) is 0 Å². The third-order valence-electron chi connectivity index (χ3n) is 3.60. The summed E-state index contributed by atoms with van der Waals surface area (Å²) in [4.78, 5) is 13.6. The van der Waals surface area contributed by atoms with Crippen molar-refractivity contribution in [2.75, 3.05) is 26.2 Å². The first-order valence-corrected chi connectivity index (χ1v) is 8.07. The summed E-state index contributed by atoms with van der Waals surface area (Å²) in [6.07, 6.45) is -1.02. The van der Waals surface area contributed by atoms with Crippen molar-refractivity contribution in [2.24, 2.45) is 0 Å². The molecule has 128 valence electrons. The Hall–Kier alpha value is -1.11. The molecule has 0 unspecified atom stereocenters. The van der Waals surface area contributed by atoms with Crippen molar-refractivity contribution in [1.82, 2.24) is 10.2 Å². The van der Waals surface area contributed by atoms with Gasteiger partial charge in [0, 0.05) is 30.2 Å². The van der Waals surface area contributed by atoms with Crippen LogP contribution in [0.4, 0.5) is 8.78 Å². The first-order chi connectivity index (χ1) is 10.9. The molecule has 0 saturated carbocycles. The number of carbonyl (C=O) groups is 1. The Balaban J connectivity index is 1.72. The molecule has 8 heteroatoms. The minimum Gasteiger partial charge on any atom is -0.482 e. The van der Waals surface area contributed by atoms with Gasteiger partial charge < -0.3 is 10.1 Å². The number of hydrogen-bond donors (Lipinski definition) is 1. The van der Waals surface area contributed by atoms with E-state index in [1.165, 1.54) is 0 Å². The monoisotopic (exact) mass is 366 g/mol. The van der Waals surface area contributed by atoms with Gasteiger partial charge >= 0.3 is 0 Å². The van der Waals surface area contributed by atoms with Crippen molar-refractivity contribution in [1.29, 1.82) is 0 Å². The highest BCUT2D eigenvalue weighted by Crippen LogP contribution is 2.27. The highest BCUT2D eigenvalue weighted by Gasteiger charge is 2.22. The first kappa shape index (κ1) is 18.2. The summed E-state index contributed by atoms with van der Waals surface area (Å²) in [5.74, 6) is 0.0782. The summed E-state index contributed by atoms with van der Waals surface area (Å²) in [6.45, 7) is 0.723. The first-order valence-electron chi connectivity index (χ1n) is 7.32. The van der Waals surface area contributed by atoms with E-state index in [2.05, 4.69) is 5.32 Å². The summed E-state index contributed by atoms with van der Waals surface area (Å²) < 4.78 is 30.0. The lowest BCUT2D eigenvalue weighted by atomic mass is 10.1. The van der Waals surface area contributed by atoms with Crippen molar-refractivity contribution >= 4 is 29.1 Å². The van der Waals surface area contributed by atoms with Crippen LogP contribution >= 0.6 is 23.2 Å². The zero-order valence-electron chi connectivity index (χ0n) is 12.4. The molecule has 23 heavy (non-hydrogen) atoms. The molecule has 2 rings (SSSR count). The molecule has 1 aliphatic heterocycles. The minimum absolute atomic E-state index is 0.0187. The van der Waals surface area contributed by atoms with Gasteiger partial charge in [-0.25, -0.2) is 8.78 Å². The Bertz CT molecular complexity index is 538. The number of rotatable bonds is 6. The van der Waals surface area contributed by atoms with Crippen LogP contribution in [0.3, 0.4) is 0 Å². The van der Waals surface area contributed by atoms with Crippen LogP contribution < -0.4 is 10.1 Å². The smallest absolute Gasteiger partial charge is 0.258 e. The van der Waals surface area contributed by atoms with Gasteiger partial charge in [0.15, 0.2) is 6.61 Å². The lowest BCUT2D eigenvalue weighted by molar-refractivity contribution is -0.124. The second-order valence-corrected chi connectivity index (χ2v) is 6.24. The molecule has 4 nitrogen and oxygen atoms in total. The van der Waals surface area contributed by atoms with E-state index in [-0.39, 0.29) is 25.1 Å². The van der Waals surface area contributed by atoms with Gasteiger partial charge in [-0.05, 0) is 25.0 Å². The van der Waals surface area contributed by atoms with Crippen molar-refractivity contribution in [2.45, 2.75) is 25.3 Å². The van der Waals surface area contributed by atoms with Crippen LogP contribution in [-0.2, 0) is 4.79 Å². The summed E-state index contributed by atoms with van der Waals surface area (Å²) in [7, 11) is 0. The number of nitrogens with one attached hydrogen (secondary N) is 1. The molecule has 0 atom stereocenters. The zero-order chi connectivity index (χ0) is 16.8. The lowest BCUT2D eigenvalue weighted by Gasteiger charge is -2.32. The van der Waals surface area contributed by atoms with E-state index >= 15 is 0 Å². The SMILES string of the molecule is O=C(COc1cc(Cl)ccc1Cl)NC1CCN(CC(F)F)CC1. The third-order valence-corrected chi connectivity index (χ3v) is 4.15. The molecule has 0 bridgehead atoms. The Morgan fingerprint density at radius 1 is 1.35 bits per heavy atom. The standard InChI is InChI=1S/C15H18Cl2F2N2O2/c16-10-1-2-12(17)13(7-10)23-9-15(22)20-11-3-5-21(6-4-11)8-14(18)19/h1-2,7,11,14H,3-6,8-9H2,(H,20,22). The normalized spacial score (nSPS) is 16.6. The number of benzene rings is 1. The molecular formula is C15H18Cl2F2N2O2. The highest BCUT2D eigenvalue weighted by molar-refractivity contribution is 6.34. The quantitative estimate of drug-likeness (QED) is 0.840. The molecule has 1 fully saturated rings. The zero-order valence-corrected chi connectivity index (χ0v) is 13.9. The van der Waals surface area contributed by atoms with E-state index in [1.807, 2.05) is 0 Å². The Morgan fingerprint density at radius 3 is 2.70 bits per heavy atom. The molecule has 0 aromatic heterocycles. The second kappa shape index (κ2) is 8.66. The number of piperidine rings is 1. The topological polar surface area (TPSA) is 41.6 Å². The number of halogens is 4. The van der Waals surface area contributed by atoms with Crippen LogP contribution in [0.25, 0.3) is 0 Å². The lowest BCUT2D eigenvalue weighted by Crippen LogP contribution is -2.46. The number of nitrogens with zero attached hydrogens (tertiary/aromatic N) is 1. The predicted octanol–water partition coefficient (Wildman–Crippen LogP) is 3.22. The fourth-order valence-corrected chi connectivity index (χ4v) is 2.79. The second-order valence-electron chi connectivity index (χ2n) is 5.40. The summed E-state index contributed by atoms with van der Waals surface area (Å²) >= 11 is 11.8. The number of amides is 1. The molecule has 1 aromatic rings. The molecule has 0 radical (unpaired) electrons. The van der Waals surface area contributed by atoms with E-state index in [4.69, 9.17) is 27.9 Å². The van der Waals surface area contributed by atoms with E-state index in [1.54, 1.807) is 23.1 Å². The minimum atomic E-state index is -2.32. The predicted molar refractivity (Wildman–Crippen MR) is 85.6 cm³/mol. The third kappa shape index (κ3) is 6.12. The molecule has 1 N–H and O–H groups in total. The number of carbonyl (C=O) groups excluding carboxylic acids is 1. The van der Waals surface area contributed by atoms with Crippen LogP contribution in [0.2, 0.25) is 10.0 Å². The summed E-state index contributed by atoms with van der Waals surface area (Å²) in [6, 6.07) is 4.75. The average molecular weight is 367 g/mol. The van der Waals surface area contributed by atoms with Gasteiger partial charge in [0.25, 0.3) is 12.3 Å². The molecule has 1 aliphatic rings. The average Bonchev–Trinajstić information content (AvgIpc) is 2.50. The van der Waals surface area contributed by atoms with Crippen molar-refractivity contribution < 1.29 is 18.3 Å². The number of ether oxygens (including phenoxy) is 1.